The van der Waals surface area contributed by atoms with E-state index in [4.69, 9.17) is 4.74 Å². The number of anilines is 1. The highest BCUT2D eigenvalue weighted by molar-refractivity contribution is 6.04. The van der Waals surface area contributed by atoms with Gasteiger partial charge in [-0.15, -0.1) is 0 Å². The zero-order valence-electron chi connectivity index (χ0n) is 11.1. The lowest BCUT2D eigenvalue weighted by Crippen LogP contribution is -2.11. The fraction of sp³-hybridized carbons (Fsp3) is 0.0714. The van der Waals surface area contributed by atoms with E-state index in [2.05, 4.69) is 5.32 Å². The largest absolute Gasteiger partial charge is 0.504 e. The molecule has 0 bridgehead atoms. The van der Waals surface area contributed by atoms with Crippen molar-refractivity contribution in [2.24, 2.45) is 0 Å². The van der Waals surface area contributed by atoms with Crippen molar-refractivity contribution in [1.82, 2.24) is 0 Å². The molecule has 7 heteroatoms. The third kappa shape index (κ3) is 3.27. The minimum atomic E-state index is -0.538. The summed E-state index contributed by atoms with van der Waals surface area (Å²) in [7, 11) is 1.42. The zero-order chi connectivity index (χ0) is 15.4. The molecule has 21 heavy (non-hydrogen) atoms. The Bertz CT molecular complexity index is 682. The van der Waals surface area contributed by atoms with Gasteiger partial charge in [0.2, 0.25) is 0 Å². The van der Waals surface area contributed by atoms with Gasteiger partial charge in [0.1, 0.15) is 0 Å². The summed E-state index contributed by atoms with van der Waals surface area (Å²) in [5.41, 5.74) is 0.571. The number of nitro benzene ring substituents is 1. The molecule has 1 amide bonds. The Balaban J connectivity index is 2.14. The molecular weight excluding hydrogens is 276 g/mol. The first kappa shape index (κ1) is 14.3. The molecule has 0 aliphatic heterocycles. The average Bonchev–Trinajstić information content (AvgIpc) is 2.47. The number of phenolic OH excluding ortho intramolecular Hbond substituents is 1. The Morgan fingerprint density at radius 2 is 1.90 bits per heavy atom. The SMILES string of the molecule is COc1ccc(NC(=O)c2ccc([N+](=O)[O-])cc2)cc1O. The van der Waals surface area contributed by atoms with Crippen LogP contribution in [0, 0.1) is 10.1 Å². The highest BCUT2D eigenvalue weighted by Gasteiger charge is 2.10. The molecule has 2 aromatic carbocycles. The van der Waals surface area contributed by atoms with Crippen molar-refractivity contribution in [2.75, 3.05) is 12.4 Å². The maximum absolute atomic E-state index is 12.0. The fourth-order valence-corrected chi connectivity index (χ4v) is 1.71. The van der Waals surface area contributed by atoms with Gasteiger partial charge in [0.15, 0.2) is 11.5 Å². The third-order valence-electron chi connectivity index (χ3n) is 2.78. The molecule has 0 saturated carbocycles. The quantitative estimate of drug-likeness (QED) is 0.665. The van der Waals surface area contributed by atoms with E-state index in [1.807, 2.05) is 0 Å². The van der Waals surface area contributed by atoms with Gasteiger partial charge in [0.25, 0.3) is 11.6 Å². The number of rotatable bonds is 4. The van der Waals surface area contributed by atoms with Gasteiger partial charge in [-0.05, 0) is 24.3 Å². The lowest BCUT2D eigenvalue weighted by Gasteiger charge is -2.08. The van der Waals surface area contributed by atoms with E-state index in [1.165, 1.54) is 43.5 Å². The number of hydrogen-bond donors (Lipinski definition) is 2. The Morgan fingerprint density at radius 3 is 2.43 bits per heavy atom. The Morgan fingerprint density at radius 1 is 1.24 bits per heavy atom. The number of non-ortho nitro benzene ring substituents is 1. The van der Waals surface area contributed by atoms with Crippen LogP contribution in [0.15, 0.2) is 42.5 Å². The van der Waals surface area contributed by atoms with Crippen LogP contribution in [0.2, 0.25) is 0 Å². The van der Waals surface area contributed by atoms with Crippen molar-refractivity contribution in [1.29, 1.82) is 0 Å². The zero-order valence-corrected chi connectivity index (χ0v) is 11.1. The number of aromatic hydroxyl groups is 1. The van der Waals surface area contributed by atoms with E-state index in [-0.39, 0.29) is 17.0 Å². The second kappa shape index (κ2) is 5.91. The third-order valence-corrected chi connectivity index (χ3v) is 2.78. The van der Waals surface area contributed by atoms with Crippen LogP contribution in [-0.4, -0.2) is 23.0 Å². The van der Waals surface area contributed by atoms with Crippen LogP contribution in [0.4, 0.5) is 11.4 Å². The van der Waals surface area contributed by atoms with Crippen molar-refractivity contribution in [3.63, 3.8) is 0 Å². The molecule has 2 N–H and O–H groups in total. The molecule has 0 aliphatic carbocycles. The van der Waals surface area contributed by atoms with Crippen molar-refractivity contribution in [3.8, 4) is 11.5 Å². The lowest BCUT2D eigenvalue weighted by molar-refractivity contribution is -0.384. The maximum Gasteiger partial charge on any atom is 0.269 e. The predicted octanol–water partition coefficient (Wildman–Crippen LogP) is 2.56. The average molecular weight is 288 g/mol. The molecule has 0 radical (unpaired) electrons. The van der Waals surface area contributed by atoms with Gasteiger partial charge in [0.05, 0.1) is 12.0 Å². The maximum atomic E-state index is 12.0. The van der Waals surface area contributed by atoms with Gasteiger partial charge in [-0.1, -0.05) is 0 Å². The predicted molar refractivity (Wildman–Crippen MR) is 75.7 cm³/mol. The molecule has 0 heterocycles. The van der Waals surface area contributed by atoms with Gasteiger partial charge in [0, 0.05) is 29.4 Å². The van der Waals surface area contributed by atoms with Crippen LogP contribution in [0.25, 0.3) is 0 Å². The molecule has 0 aliphatic rings. The smallest absolute Gasteiger partial charge is 0.269 e. The molecule has 0 spiro atoms. The second-order valence-electron chi connectivity index (χ2n) is 4.14. The Labute approximate surface area is 119 Å². The Kier molecular flexibility index (Phi) is 4.03. The lowest BCUT2D eigenvalue weighted by atomic mass is 10.2. The summed E-state index contributed by atoms with van der Waals surface area (Å²) in [6.45, 7) is 0. The van der Waals surface area contributed by atoms with Crippen LogP contribution in [-0.2, 0) is 0 Å². The van der Waals surface area contributed by atoms with Crippen LogP contribution >= 0.6 is 0 Å². The molecule has 0 unspecified atom stereocenters. The van der Waals surface area contributed by atoms with Crippen LogP contribution in [0.5, 0.6) is 11.5 Å². The first-order valence-electron chi connectivity index (χ1n) is 5.94. The number of benzene rings is 2. The van der Waals surface area contributed by atoms with Crippen LogP contribution in [0.3, 0.4) is 0 Å². The molecule has 0 atom stereocenters. The van der Waals surface area contributed by atoms with Gasteiger partial charge in [-0.3, -0.25) is 14.9 Å². The monoisotopic (exact) mass is 288 g/mol. The molecular formula is C14H12N2O5. The highest BCUT2D eigenvalue weighted by Crippen LogP contribution is 2.28. The normalized spacial score (nSPS) is 9.95. The summed E-state index contributed by atoms with van der Waals surface area (Å²) in [6.07, 6.45) is 0. The summed E-state index contributed by atoms with van der Waals surface area (Å²) < 4.78 is 4.90. The van der Waals surface area contributed by atoms with Crippen molar-refractivity contribution < 1.29 is 19.6 Å². The number of nitro groups is 1. The van der Waals surface area contributed by atoms with Crippen LogP contribution < -0.4 is 10.1 Å². The Hall–Kier alpha value is -3.09. The van der Waals surface area contributed by atoms with Crippen molar-refractivity contribution in [3.05, 3.63) is 58.1 Å². The first-order chi connectivity index (χ1) is 10.0. The van der Waals surface area contributed by atoms with E-state index < -0.39 is 10.8 Å². The molecule has 7 nitrogen and oxygen atoms in total. The molecule has 2 rings (SSSR count). The fourth-order valence-electron chi connectivity index (χ4n) is 1.71. The van der Waals surface area contributed by atoms with Crippen molar-refractivity contribution >= 4 is 17.3 Å². The van der Waals surface area contributed by atoms with E-state index in [1.54, 1.807) is 6.07 Å². The summed E-state index contributed by atoms with van der Waals surface area (Å²) in [4.78, 5) is 22.0. The second-order valence-corrected chi connectivity index (χ2v) is 4.14. The van der Waals surface area contributed by atoms with Gasteiger partial charge >= 0.3 is 0 Å². The van der Waals surface area contributed by atoms with E-state index in [0.717, 1.165) is 0 Å². The number of phenols is 1. The summed E-state index contributed by atoms with van der Waals surface area (Å²) >= 11 is 0. The summed E-state index contributed by atoms with van der Waals surface area (Å²) in [5.74, 6) is -0.239. The number of nitrogens with one attached hydrogen (secondary N) is 1. The summed E-state index contributed by atoms with van der Waals surface area (Å²) in [6, 6.07) is 9.65. The molecule has 108 valence electrons. The number of methoxy groups -OCH3 is 1. The van der Waals surface area contributed by atoms with Gasteiger partial charge in [-0.25, -0.2) is 0 Å². The summed E-state index contributed by atoms with van der Waals surface area (Å²) in [5, 5.41) is 22.7. The van der Waals surface area contributed by atoms with E-state index in [9.17, 15) is 20.0 Å². The number of carbonyl (C=O) groups excluding carboxylic acids is 1. The van der Waals surface area contributed by atoms with E-state index >= 15 is 0 Å². The minimum absolute atomic E-state index is 0.0892. The number of carbonyl (C=O) groups is 1. The van der Waals surface area contributed by atoms with Crippen molar-refractivity contribution in [2.45, 2.75) is 0 Å². The highest BCUT2D eigenvalue weighted by atomic mass is 16.6. The topological polar surface area (TPSA) is 102 Å². The molecule has 0 saturated heterocycles. The van der Waals surface area contributed by atoms with Gasteiger partial charge < -0.3 is 15.2 Å². The van der Waals surface area contributed by atoms with E-state index in [0.29, 0.717) is 11.4 Å². The molecule has 2 aromatic rings. The first-order valence-corrected chi connectivity index (χ1v) is 5.94. The molecule has 0 aromatic heterocycles. The van der Waals surface area contributed by atoms with Gasteiger partial charge in [-0.2, -0.15) is 0 Å². The van der Waals surface area contributed by atoms with Crippen LogP contribution in [0.1, 0.15) is 10.4 Å². The number of amides is 1. The number of nitrogens with zero attached hydrogens (tertiary/aromatic N) is 1. The minimum Gasteiger partial charge on any atom is -0.504 e. The molecule has 0 fully saturated rings. The number of ether oxygens (including phenoxy) is 1. The standard InChI is InChI=1S/C14H12N2O5/c1-21-13-7-4-10(8-12(13)17)15-14(18)9-2-5-11(6-3-9)16(19)20/h2-8,17H,1H3,(H,15,18). The number of hydrogen-bond acceptors (Lipinski definition) is 5.